The Morgan fingerprint density at radius 3 is 0.800 bits per heavy atom. The third kappa shape index (κ3) is 69.0. The summed E-state index contributed by atoms with van der Waals surface area (Å²) in [6.45, 7) is 9.58. The highest BCUT2D eigenvalue weighted by Gasteiger charge is 2.30. The first kappa shape index (κ1) is 93.1. The van der Waals surface area contributed by atoms with Gasteiger partial charge in [0.2, 0.25) is 0 Å². The van der Waals surface area contributed by atoms with Gasteiger partial charge in [0.05, 0.1) is 26.4 Å². The molecule has 0 radical (unpaired) electrons. The number of phosphoric acid groups is 2. The Morgan fingerprint density at radius 2 is 0.537 bits per heavy atom. The van der Waals surface area contributed by atoms with Crippen molar-refractivity contribution >= 4 is 39.5 Å². The highest BCUT2D eigenvalue weighted by atomic mass is 31.2. The largest absolute Gasteiger partial charge is 0.472 e. The van der Waals surface area contributed by atoms with Gasteiger partial charge in [0.15, 0.2) is 12.2 Å². The number of carbonyl (C=O) groups is 4. The van der Waals surface area contributed by atoms with E-state index < -0.39 is 97.5 Å². The van der Waals surface area contributed by atoms with E-state index in [0.29, 0.717) is 25.7 Å². The molecule has 3 unspecified atom stereocenters. The summed E-state index contributed by atoms with van der Waals surface area (Å²) in [7, 11) is -9.91. The minimum atomic E-state index is -4.96. The fourth-order valence-electron chi connectivity index (χ4n) is 11.6. The molecule has 0 rings (SSSR count). The molecule has 0 bridgehead atoms. The van der Waals surface area contributed by atoms with Gasteiger partial charge in [-0.2, -0.15) is 0 Å². The highest BCUT2D eigenvalue weighted by molar-refractivity contribution is 7.47. The maximum atomic E-state index is 13.1. The van der Waals surface area contributed by atoms with E-state index in [2.05, 4.69) is 41.5 Å². The minimum Gasteiger partial charge on any atom is -0.462 e. The first-order valence-electron chi connectivity index (χ1n) is 39.5. The summed E-state index contributed by atoms with van der Waals surface area (Å²) in [5.74, 6) is -0.549. The third-order valence-electron chi connectivity index (χ3n) is 18.1. The van der Waals surface area contributed by atoms with E-state index >= 15 is 0 Å². The topological polar surface area (TPSA) is 237 Å². The van der Waals surface area contributed by atoms with Gasteiger partial charge in [0.25, 0.3) is 0 Å². The Kier molecular flexibility index (Phi) is 66.5. The monoisotopic (exact) mass is 1400 g/mol. The van der Waals surface area contributed by atoms with E-state index in [-0.39, 0.29) is 25.7 Å². The number of carbonyl (C=O) groups excluding carboxylic acids is 4. The van der Waals surface area contributed by atoms with E-state index in [1.54, 1.807) is 0 Å². The number of hydrogen-bond acceptors (Lipinski definition) is 15. The van der Waals surface area contributed by atoms with Crippen LogP contribution in [0.25, 0.3) is 0 Å². The van der Waals surface area contributed by atoms with Gasteiger partial charge >= 0.3 is 39.5 Å². The van der Waals surface area contributed by atoms with Gasteiger partial charge < -0.3 is 33.8 Å². The molecule has 95 heavy (non-hydrogen) atoms. The maximum absolute atomic E-state index is 13.1. The van der Waals surface area contributed by atoms with Crippen molar-refractivity contribution in [2.75, 3.05) is 39.6 Å². The molecule has 0 aliphatic rings. The Bertz CT molecular complexity index is 1840. The van der Waals surface area contributed by atoms with E-state index in [0.717, 1.165) is 115 Å². The molecule has 19 heteroatoms. The first-order valence-corrected chi connectivity index (χ1v) is 42.5. The number of aliphatic hydroxyl groups excluding tert-OH is 1. The molecular formula is C76H148O17P2. The van der Waals surface area contributed by atoms with Crippen molar-refractivity contribution in [3.8, 4) is 0 Å². The molecule has 564 valence electrons. The Hall–Kier alpha value is -1.94. The van der Waals surface area contributed by atoms with Crippen LogP contribution in [0.3, 0.4) is 0 Å². The van der Waals surface area contributed by atoms with Gasteiger partial charge in [-0.15, -0.1) is 0 Å². The Balaban J connectivity index is 5.19. The highest BCUT2D eigenvalue weighted by Crippen LogP contribution is 2.45. The summed E-state index contributed by atoms with van der Waals surface area (Å²) in [5.41, 5.74) is 0. The van der Waals surface area contributed by atoms with Crippen LogP contribution in [0.5, 0.6) is 0 Å². The van der Waals surface area contributed by atoms with Gasteiger partial charge in [-0.05, 0) is 37.5 Å². The molecule has 0 aromatic rings. The first-order chi connectivity index (χ1) is 45.9. The third-order valence-corrected chi connectivity index (χ3v) is 20.0. The Labute approximate surface area is 581 Å². The molecule has 0 amide bonds. The second-order valence-electron chi connectivity index (χ2n) is 28.1. The second-order valence-corrected chi connectivity index (χ2v) is 31.0. The van der Waals surface area contributed by atoms with Crippen LogP contribution < -0.4 is 0 Å². The van der Waals surface area contributed by atoms with Crippen LogP contribution in [-0.4, -0.2) is 96.7 Å². The van der Waals surface area contributed by atoms with Gasteiger partial charge in [0, 0.05) is 25.7 Å². The molecule has 0 aliphatic heterocycles. The van der Waals surface area contributed by atoms with Crippen LogP contribution in [0.4, 0.5) is 0 Å². The Morgan fingerprint density at radius 1 is 0.305 bits per heavy atom. The van der Waals surface area contributed by atoms with E-state index in [1.807, 2.05) is 0 Å². The van der Waals surface area contributed by atoms with E-state index in [1.165, 1.54) is 199 Å². The number of phosphoric ester groups is 2. The normalized spacial score (nSPS) is 14.3. The van der Waals surface area contributed by atoms with Crippen molar-refractivity contribution in [3.63, 3.8) is 0 Å². The molecule has 0 aliphatic carbocycles. The standard InChI is InChI=1S/C76H148O17P2/c1-7-10-12-14-16-17-18-19-20-21-22-25-28-31-34-41-47-53-59-74(79)87-65-72(92-75(80)60-54-48-42-35-32-29-26-23-24-27-30-33-39-44-50-56-68(4)5)67-91-95(84,85)89-63-70(77)62-88-94(82,83)90-66-71(64-86-73(78)58-52-46-38-15-13-11-8-2)93-76(81)61-55-49-43-37-36-40-45-51-57-69(6)9-3/h68-72,77H,7-67H2,1-6H3,(H,82,83)(H,84,85)/t69?,70-,71+,72+/m0/s1. The lowest BCUT2D eigenvalue weighted by Gasteiger charge is -2.21. The lowest BCUT2D eigenvalue weighted by atomic mass is 9.99. The van der Waals surface area contributed by atoms with Gasteiger partial charge in [-0.3, -0.25) is 37.3 Å². The molecule has 0 aromatic carbocycles. The zero-order valence-corrected chi connectivity index (χ0v) is 63.8. The fraction of sp³-hybridized carbons (Fsp3) is 0.947. The zero-order valence-electron chi connectivity index (χ0n) is 62.0. The molecule has 17 nitrogen and oxygen atoms in total. The quantitative estimate of drug-likeness (QED) is 0.0222. The fourth-order valence-corrected chi connectivity index (χ4v) is 13.2. The molecule has 0 aromatic heterocycles. The zero-order chi connectivity index (χ0) is 70.0. The summed E-state index contributed by atoms with van der Waals surface area (Å²) >= 11 is 0. The maximum Gasteiger partial charge on any atom is 0.472 e. The van der Waals surface area contributed by atoms with Crippen molar-refractivity contribution in [2.45, 2.75) is 413 Å². The van der Waals surface area contributed by atoms with Crippen LogP contribution in [-0.2, 0) is 65.4 Å². The summed E-state index contributed by atoms with van der Waals surface area (Å²) in [4.78, 5) is 72.7. The van der Waals surface area contributed by atoms with Gasteiger partial charge in [0.1, 0.15) is 19.3 Å². The van der Waals surface area contributed by atoms with Crippen LogP contribution >= 0.6 is 15.6 Å². The molecular weight excluding hydrogens is 1250 g/mol. The van der Waals surface area contributed by atoms with Crippen molar-refractivity contribution in [2.24, 2.45) is 11.8 Å². The summed E-state index contributed by atoms with van der Waals surface area (Å²) < 4.78 is 68.4. The average molecular weight is 1400 g/mol. The second kappa shape index (κ2) is 67.9. The number of aliphatic hydroxyl groups is 1. The van der Waals surface area contributed by atoms with Crippen LogP contribution in [0.15, 0.2) is 0 Å². The van der Waals surface area contributed by atoms with Crippen molar-refractivity contribution in [3.05, 3.63) is 0 Å². The average Bonchev–Trinajstić information content (AvgIpc) is 1.71. The summed E-state index contributed by atoms with van der Waals surface area (Å²) in [5, 5.41) is 10.6. The number of hydrogen-bond donors (Lipinski definition) is 3. The van der Waals surface area contributed by atoms with E-state index in [4.69, 9.17) is 37.0 Å². The lowest BCUT2D eigenvalue weighted by Crippen LogP contribution is -2.30. The van der Waals surface area contributed by atoms with Crippen LogP contribution in [0, 0.1) is 11.8 Å². The summed E-state index contributed by atoms with van der Waals surface area (Å²) in [6.07, 6.45) is 55.6. The van der Waals surface area contributed by atoms with Crippen molar-refractivity contribution in [1.82, 2.24) is 0 Å². The smallest absolute Gasteiger partial charge is 0.462 e. The molecule has 3 N–H and O–H groups in total. The molecule has 0 spiro atoms. The molecule has 0 heterocycles. The van der Waals surface area contributed by atoms with Crippen molar-refractivity contribution in [1.29, 1.82) is 0 Å². The SMILES string of the molecule is CCCCCCCCCCCCCCCCCCCCC(=O)OC[C@H](COP(=O)(O)OC[C@@H](O)COP(=O)(O)OC[C@@H](COC(=O)CCCCCCCCC)OC(=O)CCCCCCCCCCC(C)CC)OC(=O)CCCCCCCCCCCCCCCCCC(C)C. The van der Waals surface area contributed by atoms with E-state index in [9.17, 15) is 43.2 Å². The number of esters is 4. The van der Waals surface area contributed by atoms with Gasteiger partial charge in [-0.1, -0.05) is 343 Å². The predicted octanol–water partition coefficient (Wildman–Crippen LogP) is 22.3. The predicted molar refractivity (Wildman–Crippen MR) is 386 cm³/mol. The van der Waals surface area contributed by atoms with Crippen LogP contribution in [0.1, 0.15) is 395 Å². The number of ether oxygens (including phenoxy) is 4. The molecule has 0 saturated carbocycles. The van der Waals surface area contributed by atoms with Crippen molar-refractivity contribution < 1.29 is 80.2 Å². The number of rotatable bonds is 75. The summed E-state index contributed by atoms with van der Waals surface area (Å²) in [6, 6.07) is 0. The van der Waals surface area contributed by atoms with Crippen LogP contribution in [0.2, 0.25) is 0 Å². The molecule has 6 atom stereocenters. The van der Waals surface area contributed by atoms with Gasteiger partial charge in [-0.25, -0.2) is 9.13 Å². The lowest BCUT2D eigenvalue weighted by molar-refractivity contribution is -0.161. The molecule has 0 fully saturated rings. The number of unbranched alkanes of at least 4 members (excludes halogenated alkanes) is 44. The minimum absolute atomic E-state index is 0.105. The molecule has 0 saturated heterocycles.